The second-order valence-corrected chi connectivity index (χ2v) is 6.57. The summed E-state index contributed by atoms with van der Waals surface area (Å²) in [5.74, 6) is 0.767. The van der Waals surface area contributed by atoms with Gasteiger partial charge in [-0.25, -0.2) is 4.98 Å². The van der Waals surface area contributed by atoms with Crippen LogP contribution in [0.5, 0.6) is 0 Å². The lowest BCUT2D eigenvalue weighted by Crippen LogP contribution is -2.27. The van der Waals surface area contributed by atoms with E-state index in [1.54, 1.807) is 24.4 Å². The van der Waals surface area contributed by atoms with Gasteiger partial charge in [-0.1, -0.05) is 6.92 Å². The van der Waals surface area contributed by atoms with E-state index in [0.29, 0.717) is 12.2 Å². The number of halogens is 3. The number of benzene rings is 1. The normalized spacial score (nSPS) is 11.8. The first-order valence-electron chi connectivity index (χ1n) is 7.47. The number of aromatic nitrogens is 2. The van der Waals surface area contributed by atoms with E-state index < -0.39 is 5.51 Å². The van der Waals surface area contributed by atoms with Gasteiger partial charge < -0.3 is 10.6 Å². The Hall–Kier alpha value is -1.96. The topological polar surface area (TPSA) is 55.0 Å². The van der Waals surface area contributed by atoms with E-state index in [0.717, 1.165) is 11.3 Å². The fraction of sp³-hybridized carbons (Fsp3) is 0.375. The van der Waals surface area contributed by atoms with Gasteiger partial charge in [-0.05, 0) is 61.9 Å². The van der Waals surface area contributed by atoms with Crippen LogP contribution in [0.2, 0.25) is 0 Å². The average Bonchev–Trinajstić information content (AvgIpc) is 2.47. The fourth-order valence-corrected chi connectivity index (χ4v) is 3.05. The minimum atomic E-state index is -4.30. The van der Waals surface area contributed by atoms with Crippen LogP contribution in [0.1, 0.15) is 26.3 Å². The van der Waals surface area contributed by atoms with Gasteiger partial charge in [-0.2, -0.15) is 18.2 Å². The third-order valence-electron chi connectivity index (χ3n) is 3.35. The minimum Gasteiger partial charge on any atom is -0.368 e. The monoisotopic (exact) mass is 356 g/mol. The van der Waals surface area contributed by atoms with Gasteiger partial charge in [0.05, 0.1) is 0 Å². The van der Waals surface area contributed by atoms with Gasteiger partial charge in [0, 0.05) is 22.8 Å². The molecular formula is C16H19F3N4S. The predicted molar refractivity (Wildman–Crippen MR) is 91.5 cm³/mol. The Bertz CT molecular complexity index is 704. The molecule has 0 fully saturated rings. The third-order valence-corrected chi connectivity index (χ3v) is 4.07. The number of nitrogen functional groups attached to an aromatic ring is 1. The number of alkyl halides is 3. The highest BCUT2D eigenvalue weighted by molar-refractivity contribution is 8.00. The summed E-state index contributed by atoms with van der Waals surface area (Å²) in [6.45, 7) is 5.87. The molecule has 4 nitrogen and oxygen atoms in total. The summed E-state index contributed by atoms with van der Waals surface area (Å²) in [5, 5.41) is 0. The maximum absolute atomic E-state index is 12.6. The Morgan fingerprint density at radius 3 is 2.50 bits per heavy atom. The van der Waals surface area contributed by atoms with Gasteiger partial charge in [0.2, 0.25) is 5.95 Å². The number of hydrogen-bond acceptors (Lipinski definition) is 5. The van der Waals surface area contributed by atoms with Crippen molar-refractivity contribution in [3.8, 4) is 0 Å². The summed E-state index contributed by atoms with van der Waals surface area (Å²) in [6.07, 6.45) is 2.16. The SMILES string of the molecule is CCc1cc(SC(F)(F)F)ccc1N(c1ccnc(N)n1)C(C)C. The number of hydrogen-bond donors (Lipinski definition) is 1. The van der Waals surface area contributed by atoms with Crippen LogP contribution in [0.15, 0.2) is 35.4 Å². The largest absolute Gasteiger partial charge is 0.446 e. The molecule has 0 atom stereocenters. The zero-order valence-electron chi connectivity index (χ0n) is 13.6. The summed E-state index contributed by atoms with van der Waals surface area (Å²) >= 11 is -0.107. The molecule has 0 radical (unpaired) electrons. The van der Waals surface area contributed by atoms with Crippen LogP contribution >= 0.6 is 11.8 Å². The number of rotatable bonds is 5. The molecule has 130 valence electrons. The van der Waals surface area contributed by atoms with E-state index in [1.807, 2.05) is 25.7 Å². The van der Waals surface area contributed by atoms with Crippen LogP contribution < -0.4 is 10.6 Å². The molecule has 8 heteroatoms. The van der Waals surface area contributed by atoms with Gasteiger partial charge in [0.1, 0.15) is 5.82 Å². The number of anilines is 3. The number of aryl methyl sites for hydroxylation is 1. The highest BCUT2D eigenvalue weighted by Crippen LogP contribution is 2.39. The van der Waals surface area contributed by atoms with Crippen LogP contribution in [0.3, 0.4) is 0 Å². The van der Waals surface area contributed by atoms with Crippen molar-refractivity contribution in [2.45, 2.75) is 43.6 Å². The summed E-state index contributed by atoms with van der Waals surface area (Å²) in [7, 11) is 0. The van der Waals surface area contributed by atoms with E-state index in [9.17, 15) is 13.2 Å². The maximum Gasteiger partial charge on any atom is 0.446 e. The van der Waals surface area contributed by atoms with Crippen molar-refractivity contribution in [2.24, 2.45) is 0 Å². The first kappa shape index (κ1) is 18.4. The zero-order valence-corrected chi connectivity index (χ0v) is 14.4. The quantitative estimate of drug-likeness (QED) is 0.782. The third kappa shape index (κ3) is 4.53. The highest BCUT2D eigenvalue weighted by Gasteiger charge is 2.29. The van der Waals surface area contributed by atoms with Crippen LogP contribution in [0.4, 0.5) is 30.6 Å². The average molecular weight is 356 g/mol. The standard InChI is InChI=1S/C16H19F3N4S/c1-4-11-9-12(24-16(17,18)19)5-6-13(11)23(10(2)3)14-7-8-21-15(20)22-14/h5-10H,4H2,1-3H3,(H2,20,21,22). The van der Waals surface area contributed by atoms with Crippen LogP contribution in [0.25, 0.3) is 0 Å². The number of thioether (sulfide) groups is 1. The molecule has 1 heterocycles. The molecule has 1 aromatic carbocycles. The lowest BCUT2D eigenvalue weighted by atomic mass is 10.1. The van der Waals surface area contributed by atoms with Gasteiger partial charge in [-0.15, -0.1) is 0 Å². The van der Waals surface area contributed by atoms with Crippen molar-refractivity contribution >= 4 is 29.2 Å². The van der Waals surface area contributed by atoms with Crippen molar-refractivity contribution < 1.29 is 13.2 Å². The van der Waals surface area contributed by atoms with E-state index >= 15 is 0 Å². The molecule has 0 spiro atoms. The Morgan fingerprint density at radius 1 is 1.25 bits per heavy atom. The fourth-order valence-electron chi connectivity index (χ4n) is 2.44. The minimum absolute atomic E-state index is 0.0470. The second-order valence-electron chi connectivity index (χ2n) is 5.43. The Balaban J connectivity index is 2.47. The highest BCUT2D eigenvalue weighted by atomic mass is 32.2. The molecule has 0 saturated carbocycles. The molecule has 24 heavy (non-hydrogen) atoms. The smallest absolute Gasteiger partial charge is 0.368 e. The maximum atomic E-state index is 12.6. The molecule has 0 aliphatic heterocycles. The molecule has 1 aromatic heterocycles. The molecule has 0 unspecified atom stereocenters. The Labute approximate surface area is 143 Å². The van der Waals surface area contributed by atoms with Crippen molar-refractivity contribution in [3.63, 3.8) is 0 Å². The molecule has 0 saturated heterocycles. The van der Waals surface area contributed by atoms with E-state index in [4.69, 9.17) is 5.73 Å². The van der Waals surface area contributed by atoms with Crippen molar-refractivity contribution in [2.75, 3.05) is 10.6 Å². The molecule has 2 rings (SSSR count). The molecule has 0 amide bonds. The second kappa shape index (κ2) is 7.29. The first-order chi connectivity index (χ1) is 11.2. The number of nitrogens with zero attached hydrogens (tertiary/aromatic N) is 3. The lowest BCUT2D eigenvalue weighted by Gasteiger charge is -2.30. The van der Waals surface area contributed by atoms with Gasteiger partial charge >= 0.3 is 5.51 Å². The van der Waals surface area contributed by atoms with Crippen LogP contribution in [-0.2, 0) is 6.42 Å². The van der Waals surface area contributed by atoms with E-state index in [1.165, 1.54) is 6.07 Å². The van der Waals surface area contributed by atoms with Crippen molar-refractivity contribution in [3.05, 3.63) is 36.0 Å². The lowest BCUT2D eigenvalue weighted by molar-refractivity contribution is -0.0328. The zero-order chi connectivity index (χ0) is 17.9. The van der Waals surface area contributed by atoms with E-state index in [-0.39, 0.29) is 28.6 Å². The van der Waals surface area contributed by atoms with Crippen molar-refractivity contribution in [1.29, 1.82) is 0 Å². The molecule has 0 bridgehead atoms. The molecule has 0 aliphatic carbocycles. The number of nitrogens with two attached hydrogens (primary N) is 1. The summed E-state index contributed by atoms with van der Waals surface area (Å²) in [6, 6.07) is 6.53. The summed E-state index contributed by atoms with van der Waals surface area (Å²) in [4.78, 5) is 10.2. The predicted octanol–water partition coefficient (Wildman–Crippen LogP) is 4.78. The van der Waals surface area contributed by atoms with Crippen LogP contribution in [0, 0.1) is 0 Å². The van der Waals surface area contributed by atoms with Gasteiger partial charge in [-0.3, -0.25) is 0 Å². The van der Waals surface area contributed by atoms with Crippen molar-refractivity contribution in [1.82, 2.24) is 9.97 Å². The Kier molecular flexibility index (Phi) is 5.58. The first-order valence-corrected chi connectivity index (χ1v) is 8.29. The van der Waals surface area contributed by atoms with Crippen LogP contribution in [-0.4, -0.2) is 21.5 Å². The van der Waals surface area contributed by atoms with Gasteiger partial charge in [0.15, 0.2) is 0 Å². The molecule has 0 aliphatic rings. The van der Waals surface area contributed by atoms with E-state index in [2.05, 4.69) is 9.97 Å². The summed E-state index contributed by atoms with van der Waals surface area (Å²) < 4.78 is 37.8. The molecule has 2 aromatic rings. The summed E-state index contributed by atoms with van der Waals surface area (Å²) in [5.41, 5.74) is 2.99. The molecular weight excluding hydrogens is 337 g/mol. The molecule has 2 N–H and O–H groups in total. The Morgan fingerprint density at radius 2 is 1.96 bits per heavy atom. The van der Waals surface area contributed by atoms with Gasteiger partial charge in [0.25, 0.3) is 0 Å².